The lowest BCUT2D eigenvalue weighted by Crippen LogP contribution is -2.22. The van der Waals surface area contributed by atoms with Crippen molar-refractivity contribution in [2.75, 3.05) is 13.1 Å². The monoisotopic (exact) mass is 348 g/mol. The Morgan fingerprint density at radius 2 is 1.88 bits per heavy atom. The first-order chi connectivity index (χ1) is 11.9. The summed E-state index contributed by atoms with van der Waals surface area (Å²) in [6.45, 7) is 3.86. The minimum atomic E-state index is -4.40. The van der Waals surface area contributed by atoms with E-state index in [2.05, 4.69) is 16.4 Å². The van der Waals surface area contributed by atoms with Crippen LogP contribution in [0.15, 0.2) is 42.1 Å². The number of rotatable bonds is 3. The van der Waals surface area contributed by atoms with E-state index < -0.39 is 11.7 Å². The van der Waals surface area contributed by atoms with Gasteiger partial charge in [-0.1, -0.05) is 23.8 Å². The molecule has 1 aliphatic rings. The molecule has 0 atom stereocenters. The average molecular weight is 348 g/mol. The lowest BCUT2D eigenvalue weighted by Gasteiger charge is -2.15. The van der Waals surface area contributed by atoms with Crippen LogP contribution in [0.5, 0.6) is 11.6 Å². The molecule has 0 unspecified atom stereocenters. The van der Waals surface area contributed by atoms with Crippen molar-refractivity contribution >= 4 is 6.08 Å². The quantitative estimate of drug-likeness (QED) is 0.850. The maximum absolute atomic E-state index is 12.6. The van der Waals surface area contributed by atoms with Gasteiger partial charge >= 0.3 is 6.18 Å². The highest BCUT2D eigenvalue weighted by Crippen LogP contribution is 2.31. The Labute approximate surface area is 144 Å². The van der Waals surface area contributed by atoms with Gasteiger partial charge in [-0.15, -0.1) is 0 Å². The zero-order chi connectivity index (χ0) is 17.9. The highest BCUT2D eigenvalue weighted by Gasteiger charge is 2.30. The smallest absolute Gasteiger partial charge is 0.417 e. The van der Waals surface area contributed by atoms with Crippen LogP contribution in [0.3, 0.4) is 0 Å². The molecule has 0 amide bonds. The molecule has 3 rings (SSSR count). The molecule has 3 nitrogen and oxygen atoms in total. The minimum absolute atomic E-state index is 0.141. The van der Waals surface area contributed by atoms with E-state index in [1.165, 1.54) is 11.6 Å². The van der Waals surface area contributed by atoms with Crippen LogP contribution in [0.1, 0.15) is 29.5 Å². The van der Waals surface area contributed by atoms with Gasteiger partial charge < -0.3 is 10.1 Å². The summed E-state index contributed by atoms with van der Waals surface area (Å²) >= 11 is 0. The fraction of sp³-hybridized carbons (Fsp3) is 0.316. The van der Waals surface area contributed by atoms with Crippen LogP contribution >= 0.6 is 0 Å². The van der Waals surface area contributed by atoms with Crippen LogP contribution in [0, 0.1) is 6.92 Å². The maximum atomic E-state index is 12.6. The summed E-state index contributed by atoms with van der Waals surface area (Å²) < 4.78 is 43.5. The van der Waals surface area contributed by atoms with Crippen LogP contribution < -0.4 is 10.1 Å². The van der Waals surface area contributed by atoms with Gasteiger partial charge in [-0.05, 0) is 56.1 Å². The number of ether oxygens (including phenoxy) is 1. The molecule has 1 aromatic carbocycles. The van der Waals surface area contributed by atoms with E-state index in [4.69, 9.17) is 4.74 Å². The summed E-state index contributed by atoms with van der Waals surface area (Å²) in [6, 6.07) is 8.05. The first-order valence-corrected chi connectivity index (χ1v) is 8.14. The van der Waals surface area contributed by atoms with Gasteiger partial charge in [0.25, 0.3) is 0 Å². The Bertz CT molecular complexity index is 759. The van der Waals surface area contributed by atoms with E-state index in [1.54, 1.807) is 0 Å². The van der Waals surface area contributed by atoms with Gasteiger partial charge in [0.1, 0.15) is 5.75 Å². The maximum Gasteiger partial charge on any atom is 0.417 e. The van der Waals surface area contributed by atoms with Gasteiger partial charge in [-0.2, -0.15) is 13.2 Å². The fourth-order valence-corrected chi connectivity index (χ4v) is 2.67. The molecule has 2 heterocycles. The molecule has 0 bridgehead atoms. The number of halogens is 3. The molecule has 0 spiro atoms. The number of piperidine rings is 1. The predicted molar refractivity (Wildman–Crippen MR) is 90.6 cm³/mol. The van der Waals surface area contributed by atoms with Gasteiger partial charge in [-0.3, -0.25) is 0 Å². The number of aryl methyl sites for hydroxylation is 1. The molecular weight excluding hydrogens is 329 g/mol. The first kappa shape index (κ1) is 17.5. The van der Waals surface area contributed by atoms with Crippen molar-refractivity contribution in [3.63, 3.8) is 0 Å². The van der Waals surface area contributed by atoms with Crippen LogP contribution in [0.25, 0.3) is 6.08 Å². The highest BCUT2D eigenvalue weighted by molar-refractivity contribution is 5.57. The second-order valence-electron chi connectivity index (χ2n) is 6.06. The molecule has 0 radical (unpaired) electrons. The Balaban J connectivity index is 1.79. The summed E-state index contributed by atoms with van der Waals surface area (Å²) in [5, 5.41) is 3.31. The normalized spacial score (nSPS) is 15.1. The minimum Gasteiger partial charge on any atom is -0.439 e. The average Bonchev–Trinajstić information content (AvgIpc) is 2.58. The van der Waals surface area contributed by atoms with Crippen molar-refractivity contribution in [2.24, 2.45) is 0 Å². The number of aromatic nitrogens is 1. The molecule has 1 aromatic heterocycles. The molecule has 25 heavy (non-hydrogen) atoms. The second kappa shape index (κ2) is 7.27. The molecule has 0 aliphatic carbocycles. The van der Waals surface area contributed by atoms with Crippen molar-refractivity contribution < 1.29 is 17.9 Å². The zero-order valence-electron chi connectivity index (χ0n) is 13.9. The van der Waals surface area contributed by atoms with Gasteiger partial charge in [0.2, 0.25) is 5.88 Å². The zero-order valence-corrected chi connectivity index (χ0v) is 13.9. The number of nitrogens with zero attached hydrogens (tertiary/aromatic N) is 1. The summed E-state index contributed by atoms with van der Waals surface area (Å²) in [7, 11) is 0. The van der Waals surface area contributed by atoms with Gasteiger partial charge in [-0.25, -0.2) is 4.98 Å². The Morgan fingerprint density at radius 1 is 1.12 bits per heavy atom. The number of nitrogens with one attached hydrogen (secondary N) is 1. The third-order valence-electron chi connectivity index (χ3n) is 4.11. The van der Waals surface area contributed by atoms with Crippen molar-refractivity contribution in [3.8, 4) is 11.6 Å². The number of pyridine rings is 1. The van der Waals surface area contributed by atoms with Crippen molar-refractivity contribution in [2.45, 2.75) is 25.9 Å². The predicted octanol–water partition coefficient (Wildman–Crippen LogP) is 4.97. The Kier molecular flexibility index (Phi) is 5.08. The lowest BCUT2D eigenvalue weighted by atomic mass is 10.0. The SMILES string of the molecule is Cc1ccc(C=C2CCNCC2)cc1Oc1ccc(C(F)(F)F)cn1. The molecule has 0 saturated carbocycles. The van der Waals surface area contributed by atoms with E-state index in [9.17, 15) is 13.2 Å². The highest BCUT2D eigenvalue weighted by atomic mass is 19.4. The molecule has 2 aromatic rings. The second-order valence-corrected chi connectivity index (χ2v) is 6.06. The summed E-state index contributed by atoms with van der Waals surface area (Å²) in [5.74, 6) is 0.735. The topological polar surface area (TPSA) is 34.1 Å². The Hall–Kier alpha value is -2.34. The van der Waals surface area contributed by atoms with Gasteiger partial charge in [0.05, 0.1) is 5.56 Å². The number of hydrogen-bond donors (Lipinski definition) is 1. The molecule has 1 aliphatic heterocycles. The van der Waals surface area contributed by atoms with E-state index in [1.807, 2.05) is 25.1 Å². The lowest BCUT2D eigenvalue weighted by molar-refractivity contribution is -0.137. The molecule has 1 saturated heterocycles. The molecular formula is C19H19F3N2O. The van der Waals surface area contributed by atoms with Crippen LogP contribution in [-0.4, -0.2) is 18.1 Å². The molecule has 6 heteroatoms. The van der Waals surface area contributed by atoms with E-state index in [0.717, 1.165) is 49.3 Å². The molecule has 132 valence electrons. The third kappa shape index (κ3) is 4.60. The van der Waals surface area contributed by atoms with Crippen molar-refractivity contribution in [3.05, 3.63) is 58.8 Å². The van der Waals surface area contributed by atoms with Gasteiger partial charge in [0, 0.05) is 12.3 Å². The standard InChI is InChI=1S/C19H19F3N2O/c1-13-2-3-15(10-14-6-8-23-9-7-14)11-17(13)25-18-5-4-16(12-24-18)19(20,21)22/h2-5,10-12,23H,6-9H2,1H3. The molecule has 1 N–H and O–H groups in total. The Morgan fingerprint density at radius 3 is 2.52 bits per heavy atom. The van der Waals surface area contributed by atoms with Crippen LogP contribution in [0.2, 0.25) is 0 Å². The number of alkyl halides is 3. The number of hydrogen-bond acceptors (Lipinski definition) is 3. The third-order valence-corrected chi connectivity index (χ3v) is 4.11. The fourth-order valence-electron chi connectivity index (χ4n) is 2.67. The molecule has 1 fully saturated rings. The summed E-state index contributed by atoms with van der Waals surface area (Å²) in [4.78, 5) is 3.76. The largest absolute Gasteiger partial charge is 0.439 e. The van der Waals surface area contributed by atoms with E-state index in [0.29, 0.717) is 5.75 Å². The van der Waals surface area contributed by atoms with E-state index >= 15 is 0 Å². The van der Waals surface area contributed by atoms with Crippen molar-refractivity contribution in [1.82, 2.24) is 10.3 Å². The van der Waals surface area contributed by atoms with E-state index in [-0.39, 0.29) is 5.88 Å². The number of benzene rings is 1. The summed E-state index contributed by atoms with van der Waals surface area (Å²) in [5.41, 5.74) is 2.50. The first-order valence-electron chi connectivity index (χ1n) is 8.14. The van der Waals surface area contributed by atoms with Gasteiger partial charge in [0.15, 0.2) is 0 Å². The van der Waals surface area contributed by atoms with Crippen LogP contribution in [0.4, 0.5) is 13.2 Å². The summed E-state index contributed by atoms with van der Waals surface area (Å²) in [6.07, 6.45) is 0.566. The van der Waals surface area contributed by atoms with Crippen molar-refractivity contribution in [1.29, 1.82) is 0 Å². The van der Waals surface area contributed by atoms with Crippen LogP contribution in [-0.2, 0) is 6.18 Å².